The molecule has 1 heterocycles. The second-order valence-electron chi connectivity index (χ2n) is 4.89. The average Bonchev–Trinajstić information content (AvgIpc) is 2.83. The summed E-state index contributed by atoms with van der Waals surface area (Å²) < 4.78 is 0. The zero-order chi connectivity index (χ0) is 14.4. The van der Waals surface area contributed by atoms with Crippen LogP contribution in [-0.2, 0) is 6.42 Å². The molecular weight excluding hydrogens is 284 g/mol. The third-order valence-electron chi connectivity index (χ3n) is 3.15. The molecule has 1 aromatic carbocycles. The van der Waals surface area contributed by atoms with Crippen LogP contribution in [0.5, 0.6) is 0 Å². The Morgan fingerprint density at radius 1 is 1.30 bits per heavy atom. The highest BCUT2D eigenvalue weighted by Gasteiger charge is 2.11. The predicted molar refractivity (Wildman–Crippen MR) is 89.9 cm³/mol. The van der Waals surface area contributed by atoms with E-state index < -0.39 is 0 Å². The van der Waals surface area contributed by atoms with Crippen molar-refractivity contribution in [3.63, 3.8) is 0 Å². The molecule has 0 bridgehead atoms. The number of nitrogens with one attached hydrogen (secondary N) is 1. The van der Waals surface area contributed by atoms with Gasteiger partial charge in [-0.15, -0.1) is 23.1 Å². The first-order valence-electron chi connectivity index (χ1n) is 7.02. The van der Waals surface area contributed by atoms with Crippen LogP contribution in [0.15, 0.2) is 34.5 Å². The highest BCUT2D eigenvalue weighted by Crippen LogP contribution is 2.23. The van der Waals surface area contributed by atoms with E-state index in [4.69, 9.17) is 0 Å². The Morgan fingerprint density at radius 2 is 2.10 bits per heavy atom. The van der Waals surface area contributed by atoms with Crippen LogP contribution in [0.1, 0.15) is 23.2 Å². The minimum absolute atomic E-state index is 0.478. The molecule has 0 amide bonds. The normalized spacial score (nSPS) is 12.6. The monoisotopic (exact) mass is 306 g/mol. The van der Waals surface area contributed by atoms with Gasteiger partial charge in [-0.3, -0.25) is 0 Å². The first kappa shape index (κ1) is 15.5. The second kappa shape index (κ2) is 7.81. The van der Waals surface area contributed by atoms with Crippen LogP contribution in [0.4, 0.5) is 0 Å². The Kier molecular flexibility index (Phi) is 6.07. The van der Waals surface area contributed by atoms with Gasteiger partial charge >= 0.3 is 0 Å². The van der Waals surface area contributed by atoms with Crippen molar-refractivity contribution in [3.05, 3.63) is 45.9 Å². The van der Waals surface area contributed by atoms with Crippen LogP contribution >= 0.6 is 23.1 Å². The average molecular weight is 307 g/mol. The van der Waals surface area contributed by atoms with Crippen molar-refractivity contribution in [1.29, 1.82) is 0 Å². The minimum atomic E-state index is 0.478. The lowest BCUT2D eigenvalue weighted by molar-refractivity contribution is 0.567. The molecule has 108 valence electrons. The van der Waals surface area contributed by atoms with Gasteiger partial charge in [0.1, 0.15) is 0 Å². The van der Waals surface area contributed by atoms with Gasteiger partial charge in [0.15, 0.2) is 0 Å². The van der Waals surface area contributed by atoms with Crippen molar-refractivity contribution in [2.45, 2.75) is 38.1 Å². The Morgan fingerprint density at radius 3 is 2.75 bits per heavy atom. The number of hydrogen-bond donors (Lipinski definition) is 1. The Hall–Kier alpha value is -0.840. The zero-order valence-electron chi connectivity index (χ0n) is 12.3. The maximum absolute atomic E-state index is 4.57. The van der Waals surface area contributed by atoms with Crippen LogP contribution in [0.3, 0.4) is 0 Å². The first-order valence-corrected chi connectivity index (χ1v) is 8.88. The molecule has 1 N–H and O–H groups in total. The van der Waals surface area contributed by atoms with E-state index in [9.17, 15) is 0 Å². The molecule has 1 atom stereocenters. The van der Waals surface area contributed by atoms with Gasteiger partial charge < -0.3 is 5.32 Å². The molecule has 1 aromatic heterocycles. The van der Waals surface area contributed by atoms with Gasteiger partial charge in [-0.1, -0.05) is 25.1 Å². The van der Waals surface area contributed by atoms with E-state index in [1.807, 2.05) is 11.8 Å². The predicted octanol–water partition coefficient (Wildman–Crippen LogP) is 4.07. The van der Waals surface area contributed by atoms with Gasteiger partial charge in [0.25, 0.3) is 0 Å². The Bertz CT molecular complexity index is 537. The molecule has 2 nitrogen and oxygen atoms in total. The standard InChI is InChI=1S/C16H22N2S2/c1-4-17-14(9-15-11-19-13(3)18-15)10-20-16-8-6-5-7-12(16)2/h5-8,11,14,17H,4,9-10H2,1-3H3. The lowest BCUT2D eigenvalue weighted by Gasteiger charge is -2.17. The summed E-state index contributed by atoms with van der Waals surface area (Å²) in [5.74, 6) is 1.08. The first-order chi connectivity index (χ1) is 9.69. The van der Waals surface area contributed by atoms with Crippen molar-refractivity contribution < 1.29 is 0 Å². The molecule has 0 saturated heterocycles. The number of thiazole rings is 1. The third-order valence-corrected chi connectivity index (χ3v) is 5.31. The van der Waals surface area contributed by atoms with E-state index >= 15 is 0 Å². The van der Waals surface area contributed by atoms with Crippen molar-refractivity contribution in [1.82, 2.24) is 10.3 Å². The fourth-order valence-corrected chi connectivity index (χ4v) is 3.85. The summed E-state index contributed by atoms with van der Waals surface area (Å²) in [4.78, 5) is 5.95. The maximum atomic E-state index is 4.57. The number of aromatic nitrogens is 1. The van der Waals surface area contributed by atoms with E-state index in [0.717, 1.165) is 23.7 Å². The van der Waals surface area contributed by atoms with Crippen molar-refractivity contribution >= 4 is 23.1 Å². The molecule has 0 fully saturated rings. The smallest absolute Gasteiger partial charge is 0.0897 e. The summed E-state index contributed by atoms with van der Waals surface area (Å²) in [6, 6.07) is 9.07. The number of aryl methyl sites for hydroxylation is 2. The number of benzene rings is 1. The van der Waals surface area contributed by atoms with E-state index in [0.29, 0.717) is 6.04 Å². The molecule has 2 rings (SSSR count). The number of rotatable bonds is 7. The van der Waals surface area contributed by atoms with Gasteiger partial charge in [0.2, 0.25) is 0 Å². The molecule has 0 aliphatic carbocycles. The van der Waals surface area contributed by atoms with Crippen LogP contribution in [0.2, 0.25) is 0 Å². The summed E-state index contributed by atoms with van der Waals surface area (Å²) in [5, 5.41) is 6.91. The van der Waals surface area contributed by atoms with Gasteiger partial charge in [-0.25, -0.2) is 4.98 Å². The number of nitrogens with zero attached hydrogens (tertiary/aromatic N) is 1. The molecule has 0 aliphatic heterocycles. The largest absolute Gasteiger partial charge is 0.313 e. The van der Waals surface area contributed by atoms with Gasteiger partial charge in [-0.2, -0.15) is 0 Å². The van der Waals surface area contributed by atoms with Crippen LogP contribution < -0.4 is 5.32 Å². The fourth-order valence-electron chi connectivity index (χ4n) is 2.14. The molecule has 0 spiro atoms. The van der Waals surface area contributed by atoms with Crippen molar-refractivity contribution in [3.8, 4) is 0 Å². The summed E-state index contributed by atoms with van der Waals surface area (Å²) in [6.07, 6.45) is 1.01. The maximum Gasteiger partial charge on any atom is 0.0897 e. The topological polar surface area (TPSA) is 24.9 Å². The van der Waals surface area contributed by atoms with E-state index in [1.54, 1.807) is 11.3 Å². The van der Waals surface area contributed by atoms with Gasteiger partial charge in [0, 0.05) is 28.5 Å². The molecule has 2 aromatic rings. The van der Waals surface area contributed by atoms with Crippen LogP contribution in [0.25, 0.3) is 0 Å². The quantitative estimate of drug-likeness (QED) is 0.780. The zero-order valence-corrected chi connectivity index (χ0v) is 14.0. The van der Waals surface area contributed by atoms with E-state index in [2.05, 4.69) is 60.7 Å². The fraction of sp³-hybridized carbons (Fsp3) is 0.438. The second-order valence-corrected chi connectivity index (χ2v) is 7.02. The number of thioether (sulfide) groups is 1. The lowest BCUT2D eigenvalue weighted by Crippen LogP contribution is -2.33. The SMILES string of the molecule is CCNC(CSc1ccccc1C)Cc1csc(C)n1. The van der Waals surface area contributed by atoms with Crippen molar-refractivity contribution in [2.24, 2.45) is 0 Å². The summed E-state index contributed by atoms with van der Waals surface area (Å²) in [6.45, 7) is 7.41. The molecule has 4 heteroatoms. The molecule has 1 unspecified atom stereocenters. The van der Waals surface area contributed by atoms with E-state index in [-0.39, 0.29) is 0 Å². The number of hydrogen-bond acceptors (Lipinski definition) is 4. The lowest BCUT2D eigenvalue weighted by atomic mass is 10.2. The molecule has 0 saturated carbocycles. The van der Waals surface area contributed by atoms with E-state index in [1.165, 1.54) is 16.2 Å². The Labute approximate surface area is 130 Å². The van der Waals surface area contributed by atoms with Crippen molar-refractivity contribution in [2.75, 3.05) is 12.3 Å². The molecule has 0 radical (unpaired) electrons. The Balaban J connectivity index is 1.94. The number of likely N-dealkylation sites (N-methyl/N-ethyl adjacent to an activating group) is 1. The highest BCUT2D eigenvalue weighted by molar-refractivity contribution is 7.99. The van der Waals surface area contributed by atoms with Crippen LogP contribution in [-0.4, -0.2) is 23.3 Å². The van der Waals surface area contributed by atoms with Gasteiger partial charge in [0.05, 0.1) is 10.7 Å². The summed E-state index contributed by atoms with van der Waals surface area (Å²) >= 11 is 3.67. The third kappa shape index (κ3) is 4.62. The molecule has 0 aliphatic rings. The minimum Gasteiger partial charge on any atom is -0.313 e. The molecule has 20 heavy (non-hydrogen) atoms. The van der Waals surface area contributed by atoms with Gasteiger partial charge in [-0.05, 0) is 32.0 Å². The summed E-state index contributed by atoms with van der Waals surface area (Å²) in [7, 11) is 0. The van der Waals surface area contributed by atoms with Crippen LogP contribution in [0, 0.1) is 13.8 Å². The summed E-state index contributed by atoms with van der Waals surface area (Å²) in [5.41, 5.74) is 2.57. The molecular formula is C16H22N2S2. The highest BCUT2D eigenvalue weighted by atomic mass is 32.2.